The summed E-state index contributed by atoms with van der Waals surface area (Å²) < 4.78 is 0. The Bertz CT molecular complexity index is 761. The molecule has 0 fully saturated rings. The first-order valence-corrected chi connectivity index (χ1v) is 7.66. The fourth-order valence-electron chi connectivity index (χ4n) is 2.12. The van der Waals surface area contributed by atoms with E-state index >= 15 is 0 Å². The monoisotopic (exact) mass is 341 g/mol. The van der Waals surface area contributed by atoms with Crippen LogP contribution in [-0.2, 0) is 0 Å². The first kappa shape index (κ1) is 17.3. The van der Waals surface area contributed by atoms with E-state index < -0.39 is 0 Å². The minimum absolute atomic E-state index is 0.308. The van der Waals surface area contributed by atoms with E-state index in [0.29, 0.717) is 54.0 Å². The summed E-state index contributed by atoms with van der Waals surface area (Å²) in [6.07, 6.45) is 2.00. The van der Waals surface area contributed by atoms with Gasteiger partial charge < -0.3 is 16.0 Å². The van der Waals surface area contributed by atoms with Crippen molar-refractivity contribution < 1.29 is 0 Å². The number of aromatic nitrogens is 2. The van der Waals surface area contributed by atoms with Crippen molar-refractivity contribution in [3.8, 4) is 12.1 Å². The molecule has 0 aliphatic rings. The van der Waals surface area contributed by atoms with Gasteiger partial charge in [0.05, 0.1) is 35.7 Å². The fourth-order valence-corrected chi connectivity index (χ4v) is 2.30. The van der Waals surface area contributed by atoms with E-state index in [2.05, 4.69) is 27.4 Å². The number of hydrogen-bond donors (Lipinski definition) is 2. The summed E-state index contributed by atoms with van der Waals surface area (Å²) in [7, 11) is 0. The van der Waals surface area contributed by atoms with Crippen molar-refractivity contribution in [2.75, 3.05) is 29.0 Å². The third-order valence-electron chi connectivity index (χ3n) is 3.28. The molecule has 1 aromatic heterocycles. The second kappa shape index (κ2) is 8.56. The number of nitrogens with one attached hydrogen (secondary N) is 1. The van der Waals surface area contributed by atoms with Crippen LogP contribution in [0.4, 0.5) is 23.0 Å². The number of rotatable bonds is 7. The summed E-state index contributed by atoms with van der Waals surface area (Å²) in [6.45, 7) is 0.871. The zero-order valence-corrected chi connectivity index (χ0v) is 13.7. The van der Waals surface area contributed by atoms with Crippen LogP contribution in [-0.4, -0.2) is 23.1 Å². The van der Waals surface area contributed by atoms with Gasteiger partial charge in [-0.05, 0) is 12.1 Å². The molecule has 0 spiro atoms. The number of anilines is 4. The molecule has 7 nitrogen and oxygen atoms in total. The van der Waals surface area contributed by atoms with E-state index in [0.717, 1.165) is 0 Å². The zero-order valence-electron chi connectivity index (χ0n) is 12.9. The molecule has 0 bridgehead atoms. The van der Waals surface area contributed by atoms with E-state index in [-0.39, 0.29) is 0 Å². The molecule has 3 N–H and O–H groups in total. The normalized spacial score (nSPS) is 9.79. The number of halogens is 1. The Morgan fingerprint density at radius 2 is 1.79 bits per heavy atom. The maximum atomic E-state index is 8.80. The fraction of sp³-hybridized carbons (Fsp3) is 0.250. The predicted octanol–water partition coefficient (Wildman–Crippen LogP) is 3.09. The highest BCUT2D eigenvalue weighted by atomic mass is 35.5. The molecule has 1 aromatic carbocycles. The maximum absolute atomic E-state index is 8.80. The van der Waals surface area contributed by atoms with Gasteiger partial charge in [0.25, 0.3) is 0 Å². The number of nitrogen functional groups attached to an aromatic ring is 1. The summed E-state index contributed by atoms with van der Waals surface area (Å²) in [4.78, 5) is 10.2. The number of para-hydroxylation sites is 1. The van der Waals surface area contributed by atoms with Crippen LogP contribution < -0.4 is 16.0 Å². The molecule has 24 heavy (non-hydrogen) atoms. The molecule has 0 aliphatic heterocycles. The molecule has 2 aromatic rings. The van der Waals surface area contributed by atoms with Crippen molar-refractivity contribution in [2.24, 2.45) is 0 Å². The highest BCUT2D eigenvalue weighted by molar-refractivity contribution is 6.33. The minimum Gasteiger partial charge on any atom is -0.393 e. The number of hydrogen-bond acceptors (Lipinski definition) is 7. The van der Waals surface area contributed by atoms with Gasteiger partial charge in [0, 0.05) is 13.1 Å². The first-order chi connectivity index (χ1) is 11.7. The first-order valence-electron chi connectivity index (χ1n) is 7.28. The van der Waals surface area contributed by atoms with Gasteiger partial charge in [0.15, 0.2) is 11.6 Å². The molecule has 0 radical (unpaired) electrons. The molecule has 0 amide bonds. The molecule has 0 aliphatic carbocycles. The van der Waals surface area contributed by atoms with Gasteiger partial charge in [-0.25, -0.2) is 9.97 Å². The van der Waals surface area contributed by atoms with Crippen molar-refractivity contribution in [3.05, 3.63) is 35.6 Å². The number of nitrogens with two attached hydrogens (primary N) is 1. The highest BCUT2D eigenvalue weighted by Gasteiger charge is 2.15. The van der Waals surface area contributed by atoms with Crippen LogP contribution in [0.1, 0.15) is 12.8 Å². The van der Waals surface area contributed by atoms with Crippen LogP contribution in [0, 0.1) is 22.7 Å². The van der Waals surface area contributed by atoms with Crippen LogP contribution in [0.25, 0.3) is 0 Å². The van der Waals surface area contributed by atoms with Crippen molar-refractivity contribution in [1.29, 1.82) is 10.5 Å². The molecule has 0 saturated carbocycles. The molecule has 0 atom stereocenters. The molecule has 2 rings (SSSR count). The molecule has 122 valence electrons. The van der Waals surface area contributed by atoms with Crippen molar-refractivity contribution in [1.82, 2.24) is 9.97 Å². The molecule has 0 unspecified atom stereocenters. The average molecular weight is 342 g/mol. The van der Waals surface area contributed by atoms with Crippen LogP contribution in [0.3, 0.4) is 0 Å². The average Bonchev–Trinajstić information content (AvgIpc) is 2.59. The third-order valence-corrected chi connectivity index (χ3v) is 3.61. The van der Waals surface area contributed by atoms with E-state index in [1.165, 1.54) is 6.33 Å². The van der Waals surface area contributed by atoms with Gasteiger partial charge in [-0.2, -0.15) is 10.5 Å². The predicted molar refractivity (Wildman–Crippen MR) is 93.9 cm³/mol. The molecular weight excluding hydrogens is 326 g/mol. The second-order valence-electron chi connectivity index (χ2n) is 4.87. The Hall–Kier alpha value is -3.03. The number of benzene rings is 1. The van der Waals surface area contributed by atoms with Crippen LogP contribution >= 0.6 is 11.6 Å². The molecular formula is C16H16ClN7. The van der Waals surface area contributed by atoms with Crippen molar-refractivity contribution in [2.45, 2.75) is 12.8 Å². The van der Waals surface area contributed by atoms with Gasteiger partial charge in [0.2, 0.25) is 0 Å². The van der Waals surface area contributed by atoms with Crippen molar-refractivity contribution >= 4 is 34.6 Å². The summed E-state index contributed by atoms with van der Waals surface area (Å²) in [6, 6.07) is 11.4. The SMILES string of the molecule is N#CCCN(CCC#N)c1ncnc(Nc2ccccc2Cl)c1N. The number of nitriles is 2. The largest absolute Gasteiger partial charge is 0.393 e. The maximum Gasteiger partial charge on any atom is 0.159 e. The Kier molecular flexibility index (Phi) is 6.18. The summed E-state index contributed by atoms with van der Waals surface area (Å²) in [5.74, 6) is 0.914. The van der Waals surface area contributed by atoms with E-state index in [4.69, 9.17) is 27.9 Å². The third kappa shape index (κ3) is 4.25. The quantitative estimate of drug-likeness (QED) is 0.795. The summed E-state index contributed by atoms with van der Waals surface area (Å²) >= 11 is 6.14. The van der Waals surface area contributed by atoms with E-state index in [9.17, 15) is 0 Å². The van der Waals surface area contributed by atoms with Gasteiger partial charge in [-0.15, -0.1) is 0 Å². The van der Waals surface area contributed by atoms with Gasteiger partial charge in [0.1, 0.15) is 12.0 Å². The lowest BCUT2D eigenvalue weighted by molar-refractivity contribution is 0.782. The Balaban J connectivity index is 2.30. The highest BCUT2D eigenvalue weighted by Crippen LogP contribution is 2.31. The minimum atomic E-state index is 0.308. The Morgan fingerprint density at radius 1 is 1.12 bits per heavy atom. The Morgan fingerprint density at radius 3 is 2.42 bits per heavy atom. The van der Waals surface area contributed by atoms with Crippen molar-refractivity contribution in [3.63, 3.8) is 0 Å². The molecule has 0 saturated heterocycles. The molecule has 1 heterocycles. The smallest absolute Gasteiger partial charge is 0.159 e. The van der Waals surface area contributed by atoms with E-state index in [1.807, 2.05) is 18.2 Å². The lowest BCUT2D eigenvalue weighted by Crippen LogP contribution is -2.27. The summed E-state index contributed by atoms with van der Waals surface area (Å²) in [5.41, 5.74) is 7.21. The molecule has 8 heteroatoms. The van der Waals surface area contributed by atoms with Crippen LogP contribution in [0.15, 0.2) is 30.6 Å². The second-order valence-corrected chi connectivity index (χ2v) is 5.27. The lowest BCUT2D eigenvalue weighted by atomic mass is 10.3. The lowest BCUT2D eigenvalue weighted by Gasteiger charge is -2.23. The van der Waals surface area contributed by atoms with Crippen LogP contribution in [0.2, 0.25) is 5.02 Å². The van der Waals surface area contributed by atoms with Crippen LogP contribution in [0.5, 0.6) is 0 Å². The van der Waals surface area contributed by atoms with E-state index in [1.54, 1.807) is 11.0 Å². The number of nitrogens with zero attached hydrogens (tertiary/aromatic N) is 5. The Labute approximate surface area is 145 Å². The van der Waals surface area contributed by atoms with Gasteiger partial charge in [-0.3, -0.25) is 0 Å². The van der Waals surface area contributed by atoms with Gasteiger partial charge in [-0.1, -0.05) is 23.7 Å². The topological polar surface area (TPSA) is 115 Å². The standard InChI is InChI=1S/C16H16ClN7/c17-12-5-1-2-6-13(12)23-15-14(20)16(22-11-21-15)24(9-3-7-18)10-4-8-19/h1-2,5-6,11H,3-4,9-10,20H2,(H,21,22,23). The summed E-state index contributed by atoms with van der Waals surface area (Å²) in [5, 5.41) is 21.2. The zero-order chi connectivity index (χ0) is 17.4. The van der Waals surface area contributed by atoms with Gasteiger partial charge >= 0.3 is 0 Å².